The van der Waals surface area contributed by atoms with Crippen molar-refractivity contribution in [2.45, 2.75) is 33.6 Å². The minimum Gasteiger partial charge on any atom is -0.293 e. The first-order valence-corrected chi connectivity index (χ1v) is 5.64. The molecule has 0 bridgehead atoms. The number of carbonyl (C=O) groups is 1. The molecular weight excluding hydrogens is 200 g/mol. The number of aromatic nitrogens is 1. The Morgan fingerprint density at radius 1 is 1.31 bits per heavy atom. The van der Waals surface area contributed by atoms with Gasteiger partial charge in [-0.3, -0.25) is 9.79 Å². The summed E-state index contributed by atoms with van der Waals surface area (Å²) in [5, 5.41) is 0. The quantitative estimate of drug-likeness (QED) is 0.433. The van der Waals surface area contributed by atoms with E-state index in [4.69, 9.17) is 0 Å². The summed E-state index contributed by atoms with van der Waals surface area (Å²) in [6.45, 7) is 6.42. The van der Waals surface area contributed by atoms with Crippen LogP contribution in [-0.2, 0) is 0 Å². The Morgan fingerprint density at radius 2 is 2.00 bits per heavy atom. The molecule has 0 radical (unpaired) electrons. The number of Topliss-reactive ketones (excluding diaryl/α,β-unsaturated/α-hetero) is 1. The highest BCUT2D eigenvalue weighted by Crippen LogP contribution is 2.03. The molecule has 3 nitrogen and oxygen atoms in total. The Balaban J connectivity index is 2.83. The summed E-state index contributed by atoms with van der Waals surface area (Å²) in [6.07, 6.45) is 2.22. The Morgan fingerprint density at radius 3 is 2.62 bits per heavy atom. The smallest absolute Gasteiger partial charge is 0.178 e. The second-order valence-corrected chi connectivity index (χ2v) is 3.78. The third-order valence-corrected chi connectivity index (χ3v) is 2.34. The predicted molar refractivity (Wildman–Crippen MR) is 66.2 cm³/mol. The molecule has 0 saturated carbocycles. The fourth-order valence-electron chi connectivity index (χ4n) is 1.32. The second kappa shape index (κ2) is 6.16. The van der Waals surface area contributed by atoms with Gasteiger partial charge in [0.25, 0.3) is 0 Å². The summed E-state index contributed by atoms with van der Waals surface area (Å²) in [6, 6.07) is 5.46. The summed E-state index contributed by atoms with van der Waals surface area (Å²) in [5.74, 6) is -0.0109. The average molecular weight is 218 g/mol. The van der Waals surface area contributed by atoms with E-state index in [0.29, 0.717) is 5.69 Å². The molecule has 0 unspecified atom stereocenters. The summed E-state index contributed by atoms with van der Waals surface area (Å²) in [7, 11) is 0. The maximum Gasteiger partial charge on any atom is 0.178 e. The molecule has 0 amide bonds. The zero-order valence-corrected chi connectivity index (χ0v) is 10.2. The maximum atomic E-state index is 11.2. The monoisotopic (exact) mass is 218 g/mol. The van der Waals surface area contributed by atoms with Gasteiger partial charge in [-0.25, -0.2) is 4.98 Å². The standard InChI is InChI=1S/C13H18N2O/c1-4-5-9-14-10(2)12-7-6-8-13(15-12)11(3)16/h6-8H,4-5,9H2,1-3H3/b14-10+. The lowest BCUT2D eigenvalue weighted by Gasteiger charge is -2.02. The molecule has 0 atom stereocenters. The topological polar surface area (TPSA) is 42.3 Å². The second-order valence-electron chi connectivity index (χ2n) is 3.78. The maximum absolute atomic E-state index is 11.2. The van der Waals surface area contributed by atoms with Gasteiger partial charge in [-0.15, -0.1) is 0 Å². The lowest BCUT2D eigenvalue weighted by atomic mass is 10.2. The van der Waals surface area contributed by atoms with E-state index in [1.165, 1.54) is 6.92 Å². The highest BCUT2D eigenvalue weighted by molar-refractivity contribution is 5.99. The molecule has 1 aromatic heterocycles. The molecule has 0 aliphatic heterocycles. The molecular formula is C13H18N2O. The number of unbranched alkanes of at least 4 members (excludes halogenated alkanes) is 1. The fraction of sp³-hybridized carbons (Fsp3) is 0.462. The highest BCUT2D eigenvalue weighted by atomic mass is 16.1. The first kappa shape index (κ1) is 12.6. The first-order chi connectivity index (χ1) is 7.65. The third kappa shape index (κ3) is 3.57. The zero-order valence-electron chi connectivity index (χ0n) is 10.2. The van der Waals surface area contributed by atoms with E-state index in [0.717, 1.165) is 30.8 Å². The van der Waals surface area contributed by atoms with Crippen molar-refractivity contribution in [3.8, 4) is 0 Å². The number of pyridine rings is 1. The Bertz CT molecular complexity index is 397. The molecule has 0 N–H and O–H groups in total. The van der Waals surface area contributed by atoms with Crippen LogP contribution in [0.2, 0.25) is 0 Å². The van der Waals surface area contributed by atoms with Crippen LogP contribution in [0.4, 0.5) is 0 Å². The lowest BCUT2D eigenvalue weighted by molar-refractivity contribution is 0.101. The van der Waals surface area contributed by atoms with E-state index in [9.17, 15) is 4.79 Å². The summed E-state index contributed by atoms with van der Waals surface area (Å²) in [4.78, 5) is 19.9. The normalized spacial score (nSPS) is 11.6. The van der Waals surface area contributed by atoms with Crippen LogP contribution in [0, 0.1) is 0 Å². The number of carbonyl (C=O) groups excluding carboxylic acids is 1. The van der Waals surface area contributed by atoms with Crippen LogP contribution in [0.1, 0.15) is 49.8 Å². The number of hydrogen-bond donors (Lipinski definition) is 0. The molecule has 0 saturated heterocycles. The van der Waals surface area contributed by atoms with Gasteiger partial charge in [-0.2, -0.15) is 0 Å². The van der Waals surface area contributed by atoms with Gasteiger partial charge in [-0.05, 0) is 25.5 Å². The van der Waals surface area contributed by atoms with Crippen LogP contribution in [0.15, 0.2) is 23.2 Å². The molecule has 1 aromatic rings. The number of nitrogens with zero attached hydrogens (tertiary/aromatic N) is 2. The van der Waals surface area contributed by atoms with Gasteiger partial charge in [0, 0.05) is 13.5 Å². The van der Waals surface area contributed by atoms with E-state index in [1.807, 2.05) is 19.1 Å². The molecule has 1 heterocycles. The van der Waals surface area contributed by atoms with Crippen molar-refractivity contribution in [2.75, 3.05) is 6.54 Å². The lowest BCUT2D eigenvalue weighted by Crippen LogP contribution is -2.04. The van der Waals surface area contributed by atoms with Crippen LogP contribution in [0.5, 0.6) is 0 Å². The van der Waals surface area contributed by atoms with E-state index < -0.39 is 0 Å². The van der Waals surface area contributed by atoms with E-state index in [2.05, 4.69) is 16.9 Å². The summed E-state index contributed by atoms with van der Waals surface area (Å²) in [5.41, 5.74) is 2.20. The minimum atomic E-state index is -0.0109. The molecule has 0 aromatic carbocycles. The molecule has 0 fully saturated rings. The molecule has 0 aliphatic carbocycles. The Labute approximate surface area is 96.6 Å². The highest BCUT2D eigenvalue weighted by Gasteiger charge is 2.03. The molecule has 16 heavy (non-hydrogen) atoms. The molecule has 1 rings (SSSR count). The van der Waals surface area contributed by atoms with Crippen molar-refractivity contribution in [1.82, 2.24) is 4.98 Å². The van der Waals surface area contributed by atoms with Crippen molar-refractivity contribution >= 4 is 11.5 Å². The predicted octanol–water partition coefficient (Wildman–Crippen LogP) is 2.89. The summed E-state index contributed by atoms with van der Waals surface area (Å²) >= 11 is 0. The van der Waals surface area contributed by atoms with Gasteiger partial charge < -0.3 is 0 Å². The molecule has 3 heteroatoms. The van der Waals surface area contributed by atoms with Crippen LogP contribution >= 0.6 is 0 Å². The van der Waals surface area contributed by atoms with Gasteiger partial charge in [-0.1, -0.05) is 19.4 Å². The SMILES string of the molecule is CCCC/N=C(\C)c1cccc(C(C)=O)n1. The van der Waals surface area contributed by atoms with Gasteiger partial charge >= 0.3 is 0 Å². The van der Waals surface area contributed by atoms with Gasteiger partial charge in [0.05, 0.1) is 11.4 Å². The van der Waals surface area contributed by atoms with Crippen LogP contribution in [-0.4, -0.2) is 23.0 Å². The van der Waals surface area contributed by atoms with Gasteiger partial charge in [0.1, 0.15) is 5.69 Å². The Hall–Kier alpha value is -1.51. The van der Waals surface area contributed by atoms with Crippen LogP contribution in [0.25, 0.3) is 0 Å². The molecule has 0 spiro atoms. The fourth-order valence-corrected chi connectivity index (χ4v) is 1.32. The number of hydrogen-bond acceptors (Lipinski definition) is 3. The number of ketones is 1. The third-order valence-electron chi connectivity index (χ3n) is 2.34. The van der Waals surface area contributed by atoms with Gasteiger partial charge in [0.2, 0.25) is 0 Å². The van der Waals surface area contributed by atoms with E-state index in [-0.39, 0.29) is 5.78 Å². The van der Waals surface area contributed by atoms with E-state index >= 15 is 0 Å². The molecule has 0 aliphatic rings. The zero-order chi connectivity index (χ0) is 12.0. The molecule has 86 valence electrons. The van der Waals surface area contributed by atoms with Crippen molar-refractivity contribution in [3.63, 3.8) is 0 Å². The first-order valence-electron chi connectivity index (χ1n) is 5.64. The van der Waals surface area contributed by atoms with Crippen LogP contribution < -0.4 is 0 Å². The number of rotatable bonds is 5. The minimum absolute atomic E-state index is 0.0109. The average Bonchev–Trinajstić information content (AvgIpc) is 2.29. The van der Waals surface area contributed by atoms with Crippen LogP contribution in [0.3, 0.4) is 0 Å². The van der Waals surface area contributed by atoms with E-state index in [1.54, 1.807) is 6.07 Å². The Kier molecular flexibility index (Phi) is 4.83. The summed E-state index contributed by atoms with van der Waals surface area (Å²) < 4.78 is 0. The van der Waals surface area contributed by atoms with Crippen molar-refractivity contribution in [3.05, 3.63) is 29.6 Å². The van der Waals surface area contributed by atoms with Crippen molar-refractivity contribution in [1.29, 1.82) is 0 Å². The largest absolute Gasteiger partial charge is 0.293 e. The number of aliphatic imine (C=N–C) groups is 1. The van der Waals surface area contributed by atoms with Crippen molar-refractivity contribution < 1.29 is 4.79 Å². The van der Waals surface area contributed by atoms with Crippen molar-refractivity contribution in [2.24, 2.45) is 4.99 Å². The van der Waals surface area contributed by atoms with Gasteiger partial charge in [0.15, 0.2) is 5.78 Å².